The zero-order valence-corrected chi connectivity index (χ0v) is 28.1. The number of rotatable bonds is 12. The molecule has 2 aliphatic heterocycles. The van der Waals surface area contributed by atoms with Gasteiger partial charge in [0, 0.05) is 37.6 Å². The number of carbonyl (C=O) groups excluding carboxylic acids is 2. The van der Waals surface area contributed by atoms with Gasteiger partial charge >= 0.3 is 0 Å². The number of aliphatic imine (C=N–C) groups is 1. The second kappa shape index (κ2) is 13.8. The molecule has 3 heterocycles. The van der Waals surface area contributed by atoms with E-state index >= 15 is 0 Å². The Kier molecular flexibility index (Phi) is 9.97. The van der Waals surface area contributed by atoms with Crippen molar-refractivity contribution in [2.24, 2.45) is 4.99 Å². The Bertz CT molecular complexity index is 1750. The summed E-state index contributed by atoms with van der Waals surface area (Å²) in [6.45, 7) is 11.0. The summed E-state index contributed by atoms with van der Waals surface area (Å²) >= 11 is 0. The van der Waals surface area contributed by atoms with Gasteiger partial charge in [0.15, 0.2) is 11.4 Å². The SMILES string of the molecule is CCCCC1=N[C@]2(CCCN(C(C)=O)C2)C(=O)N1Cc1ccc(-c2ccccc2S(=O)(=O)Nc2noc(C)c2C)c(COCC)c1. The largest absolute Gasteiger partial charge is 0.377 e. The second-order valence-electron chi connectivity index (χ2n) is 12.0. The molecule has 5 rings (SSSR count). The van der Waals surface area contributed by atoms with Gasteiger partial charge in [-0.25, -0.2) is 8.42 Å². The predicted octanol–water partition coefficient (Wildman–Crippen LogP) is 5.61. The van der Waals surface area contributed by atoms with Crippen LogP contribution in [-0.4, -0.2) is 66.3 Å². The van der Waals surface area contributed by atoms with Crippen LogP contribution in [0.4, 0.5) is 5.82 Å². The number of aryl methyl sites for hydroxylation is 1. The number of carbonyl (C=O) groups is 2. The molecule has 46 heavy (non-hydrogen) atoms. The zero-order valence-electron chi connectivity index (χ0n) is 27.3. The molecule has 2 aliphatic rings. The average Bonchev–Trinajstić information content (AvgIpc) is 3.48. The molecule has 246 valence electrons. The van der Waals surface area contributed by atoms with E-state index in [1.165, 1.54) is 6.92 Å². The molecular formula is C34H43N5O6S. The fourth-order valence-corrected chi connectivity index (χ4v) is 7.40. The maximum absolute atomic E-state index is 14.1. The number of amidine groups is 1. The van der Waals surface area contributed by atoms with Crippen molar-refractivity contribution >= 4 is 33.5 Å². The van der Waals surface area contributed by atoms with Gasteiger partial charge in [-0.2, -0.15) is 0 Å². The standard InChI is InChI=1S/C34H43N5O6S/c1-6-8-14-31-35-34(17-11-18-38(22-34)25(5)40)33(41)39(31)20-26-15-16-28(27(19-26)21-44-7-2)29-12-9-10-13-30(29)46(42,43)37-32-23(3)24(4)45-36-32/h9-10,12-13,15-16,19H,6-8,11,14,17-18,20-22H2,1-5H3,(H,36,37)/t34-/m0/s1. The number of sulfonamides is 1. The topological polar surface area (TPSA) is 134 Å². The minimum Gasteiger partial charge on any atom is -0.377 e. The summed E-state index contributed by atoms with van der Waals surface area (Å²) in [5.41, 5.74) is 2.57. The van der Waals surface area contributed by atoms with Crippen LogP contribution in [-0.2, 0) is 37.5 Å². The van der Waals surface area contributed by atoms with Crippen molar-refractivity contribution in [2.45, 2.75) is 90.3 Å². The molecule has 1 atom stereocenters. The number of hydrogen-bond acceptors (Lipinski definition) is 8. The number of aromatic nitrogens is 1. The van der Waals surface area contributed by atoms with Gasteiger partial charge in [0.25, 0.3) is 15.9 Å². The van der Waals surface area contributed by atoms with Crippen LogP contribution in [0, 0.1) is 13.8 Å². The van der Waals surface area contributed by atoms with Crippen molar-refractivity contribution in [1.82, 2.24) is 15.0 Å². The molecule has 2 aromatic carbocycles. The number of ether oxygens (including phenoxy) is 1. The Morgan fingerprint density at radius 2 is 1.91 bits per heavy atom. The van der Waals surface area contributed by atoms with Gasteiger partial charge in [-0.15, -0.1) is 0 Å². The second-order valence-corrected chi connectivity index (χ2v) is 13.7. The highest BCUT2D eigenvalue weighted by Gasteiger charge is 2.50. The van der Waals surface area contributed by atoms with Gasteiger partial charge in [0.05, 0.1) is 24.6 Å². The molecule has 1 spiro atoms. The third-order valence-electron chi connectivity index (χ3n) is 8.79. The van der Waals surface area contributed by atoms with E-state index in [9.17, 15) is 18.0 Å². The number of piperidine rings is 1. The third kappa shape index (κ3) is 6.73. The van der Waals surface area contributed by atoms with E-state index in [-0.39, 0.29) is 29.1 Å². The van der Waals surface area contributed by atoms with Crippen LogP contribution in [0.3, 0.4) is 0 Å². The first-order valence-electron chi connectivity index (χ1n) is 15.9. The van der Waals surface area contributed by atoms with Gasteiger partial charge in [-0.05, 0) is 62.8 Å². The van der Waals surface area contributed by atoms with Crippen molar-refractivity contribution in [2.75, 3.05) is 24.4 Å². The maximum Gasteiger partial charge on any atom is 0.263 e. The van der Waals surface area contributed by atoms with E-state index in [1.54, 1.807) is 47.9 Å². The van der Waals surface area contributed by atoms with E-state index < -0.39 is 15.6 Å². The first-order chi connectivity index (χ1) is 22.0. The summed E-state index contributed by atoms with van der Waals surface area (Å²) in [4.78, 5) is 34.9. The number of anilines is 1. The molecule has 11 nitrogen and oxygen atoms in total. The summed E-state index contributed by atoms with van der Waals surface area (Å²) in [7, 11) is -4.03. The fraction of sp³-hybridized carbons (Fsp3) is 0.471. The van der Waals surface area contributed by atoms with Gasteiger partial charge in [0.1, 0.15) is 11.6 Å². The molecule has 0 radical (unpaired) electrons. The lowest BCUT2D eigenvalue weighted by atomic mass is 9.89. The summed E-state index contributed by atoms with van der Waals surface area (Å²) < 4.78 is 40.9. The molecule has 1 N–H and O–H groups in total. The summed E-state index contributed by atoms with van der Waals surface area (Å²) in [6, 6.07) is 12.6. The monoisotopic (exact) mass is 649 g/mol. The van der Waals surface area contributed by atoms with Crippen LogP contribution >= 0.6 is 0 Å². The molecule has 2 amide bonds. The maximum atomic E-state index is 14.1. The highest BCUT2D eigenvalue weighted by Crippen LogP contribution is 2.36. The molecule has 1 saturated heterocycles. The van der Waals surface area contributed by atoms with E-state index in [0.29, 0.717) is 61.5 Å². The van der Waals surface area contributed by atoms with Crippen molar-refractivity contribution in [3.05, 3.63) is 64.9 Å². The van der Waals surface area contributed by atoms with E-state index in [0.717, 1.165) is 36.2 Å². The number of nitrogens with one attached hydrogen (secondary N) is 1. The lowest BCUT2D eigenvalue weighted by Crippen LogP contribution is -2.54. The van der Waals surface area contributed by atoms with E-state index in [1.807, 2.05) is 25.1 Å². The first-order valence-corrected chi connectivity index (χ1v) is 17.4. The summed E-state index contributed by atoms with van der Waals surface area (Å²) in [6.07, 6.45) is 3.88. The third-order valence-corrected chi connectivity index (χ3v) is 10.2. The highest BCUT2D eigenvalue weighted by atomic mass is 32.2. The van der Waals surface area contributed by atoms with Crippen molar-refractivity contribution in [3.63, 3.8) is 0 Å². The summed E-state index contributed by atoms with van der Waals surface area (Å²) in [5, 5.41) is 3.88. The predicted molar refractivity (Wildman–Crippen MR) is 176 cm³/mol. The molecule has 3 aromatic rings. The van der Waals surface area contributed by atoms with Gasteiger partial charge in [-0.1, -0.05) is 54.9 Å². The number of benzene rings is 2. The minimum absolute atomic E-state index is 0.0458. The molecular weight excluding hydrogens is 606 g/mol. The minimum atomic E-state index is -4.03. The number of likely N-dealkylation sites (tertiary alicyclic amines) is 1. The molecule has 12 heteroatoms. The van der Waals surface area contributed by atoms with Gasteiger partial charge in [-0.3, -0.25) is 24.2 Å². The van der Waals surface area contributed by atoms with Crippen LogP contribution in [0.1, 0.15) is 75.3 Å². The lowest BCUT2D eigenvalue weighted by molar-refractivity contribution is -0.137. The lowest BCUT2D eigenvalue weighted by Gasteiger charge is -2.36. The van der Waals surface area contributed by atoms with Crippen LogP contribution in [0.25, 0.3) is 11.1 Å². The van der Waals surface area contributed by atoms with Crippen LogP contribution < -0.4 is 4.72 Å². The first kappa shape index (κ1) is 33.3. The average molecular weight is 650 g/mol. The van der Waals surface area contributed by atoms with Crippen molar-refractivity contribution in [1.29, 1.82) is 0 Å². The number of amides is 2. The van der Waals surface area contributed by atoms with Gasteiger partial charge < -0.3 is 14.2 Å². The Hall–Kier alpha value is -4.03. The quantitative estimate of drug-likeness (QED) is 0.270. The van der Waals surface area contributed by atoms with E-state index in [4.69, 9.17) is 14.3 Å². The smallest absolute Gasteiger partial charge is 0.263 e. The highest BCUT2D eigenvalue weighted by molar-refractivity contribution is 7.92. The van der Waals surface area contributed by atoms with Crippen LogP contribution in [0.2, 0.25) is 0 Å². The Morgan fingerprint density at radius 1 is 1.13 bits per heavy atom. The molecule has 0 unspecified atom stereocenters. The Labute approximate surface area is 271 Å². The molecule has 0 aliphatic carbocycles. The number of unbranched alkanes of at least 4 members (excludes halogenated alkanes) is 1. The summed E-state index contributed by atoms with van der Waals surface area (Å²) in [5.74, 6) is 1.32. The molecule has 1 aromatic heterocycles. The van der Waals surface area contributed by atoms with Gasteiger partial charge in [0.2, 0.25) is 5.91 Å². The molecule has 0 saturated carbocycles. The Morgan fingerprint density at radius 3 is 2.61 bits per heavy atom. The fourth-order valence-electron chi connectivity index (χ4n) is 6.12. The Balaban J connectivity index is 1.48. The van der Waals surface area contributed by atoms with Crippen molar-refractivity contribution < 1.29 is 27.3 Å². The zero-order chi connectivity index (χ0) is 33.1. The van der Waals surface area contributed by atoms with Crippen LogP contribution in [0.15, 0.2) is 56.9 Å². The number of nitrogens with zero attached hydrogens (tertiary/aromatic N) is 4. The van der Waals surface area contributed by atoms with E-state index in [2.05, 4.69) is 16.8 Å². The van der Waals surface area contributed by atoms with Crippen molar-refractivity contribution in [3.8, 4) is 11.1 Å². The molecule has 1 fully saturated rings. The number of hydrogen-bond donors (Lipinski definition) is 1. The normalized spacial score (nSPS) is 18.4. The van der Waals surface area contributed by atoms with Crippen LogP contribution in [0.5, 0.6) is 0 Å². The molecule has 0 bridgehead atoms.